The molecule has 2 rings (SSSR count). The third kappa shape index (κ3) is 0.666. The lowest BCUT2D eigenvalue weighted by molar-refractivity contribution is -0.219. The summed E-state index contributed by atoms with van der Waals surface area (Å²) in [6.45, 7) is 9.72. The van der Waals surface area contributed by atoms with Crippen LogP contribution < -0.4 is 0 Å². The van der Waals surface area contributed by atoms with Crippen LogP contribution >= 0.6 is 0 Å². The van der Waals surface area contributed by atoms with Crippen molar-refractivity contribution < 1.29 is 0 Å². The second kappa shape index (κ2) is 2.02. The Hall–Kier alpha value is 0. The first kappa shape index (κ1) is 7.64. The summed E-state index contributed by atoms with van der Waals surface area (Å²) in [6, 6.07) is 0. The molecule has 0 radical (unpaired) electrons. The first-order valence-electron chi connectivity index (χ1n) is 5.11. The predicted octanol–water partition coefficient (Wildman–Crippen LogP) is 3.32. The van der Waals surface area contributed by atoms with Gasteiger partial charge in [0.2, 0.25) is 0 Å². The largest absolute Gasteiger partial charge is 0.0651 e. The van der Waals surface area contributed by atoms with E-state index < -0.39 is 0 Å². The van der Waals surface area contributed by atoms with Gasteiger partial charge in [0, 0.05) is 0 Å². The summed E-state index contributed by atoms with van der Waals surface area (Å²) < 4.78 is 0. The predicted molar refractivity (Wildman–Crippen MR) is 48.3 cm³/mol. The first-order chi connectivity index (χ1) is 5.11. The Balaban J connectivity index is 2.07. The maximum Gasteiger partial charge on any atom is -0.0261 e. The minimum atomic E-state index is 0.764. The maximum absolute atomic E-state index is 2.49. The molecule has 0 amide bonds. The molecule has 0 aromatic rings. The van der Waals surface area contributed by atoms with Gasteiger partial charge in [-0.25, -0.2) is 0 Å². The summed E-state index contributed by atoms with van der Waals surface area (Å²) >= 11 is 0. The molecule has 0 N–H and O–H groups in total. The van der Waals surface area contributed by atoms with Crippen LogP contribution in [0.15, 0.2) is 0 Å². The van der Waals surface area contributed by atoms with Crippen molar-refractivity contribution in [1.29, 1.82) is 0 Å². The quantitative estimate of drug-likeness (QED) is 0.540. The lowest BCUT2D eigenvalue weighted by Crippen LogP contribution is -2.64. The fourth-order valence-electron chi connectivity index (χ4n) is 3.92. The van der Waals surface area contributed by atoms with E-state index in [0.717, 1.165) is 29.1 Å². The van der Waals surface area contributed by atoms with Crippen LogP contribution in [0, 0.1) is 29.1 Å². The van der Waals surface area contributed by atoms with E-state index in [1.54, 1.807) is 0 Å². The highest BCUT2D eigenvalue weighted by atomic mass is 14.7. The average molecular weight is 152 g/mol. The molecule has 0 aromatic carbocycles. The molecule has 0 heterocycles. The maximum atomic E-state index is 2.49. The third-order valence-corrected chi connectivity index (χ3v) is 4.89. The first-order valence-corrected chi connectivity index (χ1v) is 5.11. The monoisotopic (exact) mass is 152 g/mol. The zero-order valence-corrected chi connectivity index (χ0v) is 8.22. The second-order valence-corrected chi connectivity index (χ2v) is 5.05. The highest BCUT2D eigenvalue weighted by Gasteiger charge is 2.64. The van der Waals surface area contributed by atoms with Crippen LogP contribution in [0.4, 0.5) is 0 Å². The number of fused-ring (bicyclic) bond motifs is 1. The Morgan fingerprint density at radius 2 is 2.00 bits per heavy atom. The molecule has 0 saturated heterocycles. The van der Waals surface area contributed by atoms with Crippen LogP contribution in [0.3, 0.4) is 0 Å². The lowest BCUT2D eigenvalue weighted by atomic mass is 9.35. The van der Waals surface area contributed by atoms with Crippen molar-refractivity contribution in [2.24, 2.45) is 29.1 Å². The topological polar surface area (TPSA) is 0 Å². The molecular weight excluding hydrogens is 132 g/mol. The Labute approximate surface area is 70.4 Å². The molecule has 5 unspecified atom stereocenters. The average Bonchev–Trinajstić information content (AvgIpc) is 1.98. The van der Waals surface area contributed by atoms with Crippen LogP contribution in [-0.4, -0.2) is 0 Å². The molecule has 64 valence electrons. The third-order valence-electron chi connectivity index (χ3n) is 4.89. The van der Waals surface area contributed by atoms with Crippen molar-refractivity contribution in [1.82, 2.24) is 0 Å². The van der Waals surface area contributed by atoms with Gasteiger partial charge in [-0.05, 0) is 35.5 Å². The summed E-state index contributed by atoms with van der Waals surface area (Å²) in [4.78, 5) is 0. The van der Waals surface area contributed by atoms with Crippen molar-refractivity contribution in [2.75, 3.05) is 0 Å². The zero-order valence-electron chi connectivity index (χ0n) is 8.22. The van der Waals surface area contributed by atoms with Crippen LogP contribution in [0.2, 0.25) is 0 Å². The van der Waals surface area contributed by atoms with E-state index in [9.17, 15) is 0 Å². The summed E-state index contributed by atoms with van der Waals surface area (Å²) in [5.74, 6) is 4.17. The molecule has 0 nitrogen and oxygen atoms in total. The van der Waals surface area contributed by atoms with E-state index in [1.807, 2.05) is 0 Å². The van der Waals surface area contributed by atoms with Gasteiger partial charge in [0.1, 0.15) is 0 Å². The highest BCUT2D eigenvalue weighted by molar-refractivity contribution is 5.12. The Bertz CT molecular complexity index is 171. The molecule has 5 atom stereocenters. The fraction of sp³-hybridized carbons (Fsp3) is 1.00. The molecule has 2 fully saturated rings. The molecule has 0 aromatic heterocycles. The Kier molecular flexibility index (Phi) is 1.41. The molecule has 2 aliphatic rings. The van der Waals surface area contributed by atoms with Gasteiger partial charge in [0.15, 0.2) is 0 Å². The molecular formula is C11H20. The SMILES string of the molecule is CCC1CC2(C)C(C)C(C)C12. The van der Waals surface area contributed by atoms with Crippen molar-refractivity contribution in [3.05, 3.63) is 0 Å². The van der Waals surface area contributed by atoms with Gasteiger partial charge in [0.05, 0.1) is 0 Å². The van der Waals surface area contributed by atoms with Crippen molar-refractivity contribution in [3.63, 3.8) is 0 Å². The highest BCUT2D eigenvalue weighted by Crippen LogP contribution is 2.70. The smallest absolute Gasteiger partial charge is 0.0261 e. The van der Waals surface area contributed by atoms with Gasteiger partial charge < -0.3 is 0 Å². The van der Waals surface area contributed by atoms with Gasteiger partial charge in [0.25, 0.3) is 0 Å². The number of rotatable bonds is 1. The Morgan fingerprint density at radius 1 is 1.36 bits per heavy atom. The lowest BCUT2D eigenvalue weighted by Gasteiger charge is -2.70. The Morgan fingerprint density at radius 3 is 2.45 bits per heavy atom. The normalized spacial score (nSPS) is 61.1. The summed E-state index contributed by atoms with van der Waals surface area (Å²) in [6.07, 6.45) is 2.93. The van der Waals surface area contributed by atoms with E-state index in [1.165, 1.54) is 12.8 Å². The summed E-state index contributed by atoms with van der Waals surface area (Å²) in [7, 11) is 0. The van der Waals surface area contributed by atoms with Crippen LogP contribution in [0.1, 0.15) is 40.5 Å². The second-order valence-electron chi connectivity index (χ2n) is 5.05. The minimum absolute atomic E-state index is 0.764. The van der Waals surface area contributed by atoms with Crippen molar-refractivity contribution in [3.8, 4) is 0 Å². The summed E-state index contributed by atoms with van der Waals surface area (Å²) in [5, 5.41) is 0. The van der Waals surface area contributed by atoms with E-state index in [2.05, 4.69) is 27.7 Å². The zero-order chi connectivity index (χ0) is 8.22. The molecule has 2 saturated carbocycles. The molecule has 0 spiro atoms. The molecule has 0 aliphatic heterocycles. The fourth-order valence-corrected chi connectivity index (χ4v) is 3.92. The number of hydrogen-bond donors (Lipinski definition) is 0. The van der Waals surface area contributed by atoms with Gasteiger partial charge in [-0.1, -0.05) is 34.1 Å². The van der Waals surface area contributed by atoms with Crippen molar-refractivity contribution in [2.45, 2.75) is 40.5 Å². The van der Waals surface area contributed by atoms with Crippen LogP contribution in [-0.2, 0) is 0 Å². The van der Waals surface area contributed by atoms with Gasteiger partial charge in [-0.3, -0.25) is 0 Å². The van der Waals surface area contributed by atoms with E-state index in [-0.39, 0.29) is 0 Å². The minimum Gasteiger partial charge on any atom is -0.0651 e. The molecule has 2 aliphatic carbocycles. The summed E-state index contributed by atoms with van der Waals surface area (Å²) in [5.41, 5.74) is 0.764. The molecule has 0 bridgehead atoms. The van der Waals surface area contributed by atoms with E-state index in [4.69, 9.17) is 0 Å². The van der Waals surface area contributed by atoms with Gasteiger partial charge in [-0.2, -0.15) is 0 Å². The standard InChI is InChI=1S/C11H20/c1-5-9-6-11(4)8(3)7(2)10(9)11/h7-10H,5-6H2,1-4H3. The van der Waals surface area contributed by atoms with Gasteiger partial charge >= 0.3 is 0 Å². The molecule has 0 heteroatoms. The van der Waals surface area contributed by atoms with Crippen molar-refractivity contribution >= 4 is 0 Å². The number of hydrogen-bond acceptors (Lipinski definition) is 0. The molecule has 11 heavy (non-hydrogen) atoms. The van der Waals surface area contributed by atoms with Gasteiger partial charge in [-0.15, -0.1) is 0 Å². The van der Waals surface area contributed by atoms with Crippen LogP contribution in [0.5, 0.6) is 0 Å². The van der Waals surface area contributed by atoms with E-state index >= 15 is 0 Å². The van der Waals surface area contributed by atoms with Crippen LogP contribution in [0.25, 0.3) is 0 Å². The van der Waals surface area contributed by atoms with E-state index in [0.29, 0.717) is 0 Å².